The van der Waals surface area contributed by atoms with E-state index < -0.39 is 18.3 Å². The summed E-state index contributed by atoms with van der Waals surface area (Å²) in [5.74, 6) is 0.506. The van der Waals surface area contributed by atoms with Crippen molar-refractivity contribution in [3.05, 3.63) is 0 Å². The molecule has 0 saturated carbocycles. The average Bonchev–Trinajstić information content (AvgIpc) is 2.50. The lowest BCUT2D eigenvalue weighted by molar-refractivity contribution is -0.142. The van der Waals surface area contributed by atoms with Crippen LogP contribution in [-0.4, -0.2) is 86.5 Å². The molecule has 7 nitrogen and oxygen atoms in total. The average molecular weight is 395 g/mol. The lowest BCUT2D eigenvalue weighted by Gasteiger charge is -2.35. The van der Waals surface area contributed by atoms with Gasteiger partial charge in [0.05, 0.1) is 6.54 Å². The molecule has 158 valence electrons. The van der Waals surface area contributed by atoms with Crippen molar-refractivity contribution >= 4 is 12.1 Å². The fourth-order valence-corrected chi connectivity index (χ4v) is 2.73. The minimum Gasteiger partial charge on any atom is -0.444 e. The van der Waals surface area contributed by atoms with Crippen LogP contribution in [0.15, 0.2) is 4.99 Å². The molecule has 0 aliphatic carbocycles. The van der Waals surface area contributed by atoms with Gasteiger partial charge < -0.3 is 20.3 Å². The third-order valence-corrected chi connectivity index (χ3v) is 3.87. The molecule has 0 radical (unpaired) electrons. The van der Waals surface area contributed by atoms with Crippen LogP contribution in [0.1, 0.15) is 33.6 Å². The molecular weight excluding hydrogens is 363 g/mol. The number of ether oxygens (including phenoxy) is 1. The second-order valence-electron chi connectivity index (χ2n) is 7.76. The third-order valence-electron chi connectivity index (χ3n) is 3.87. The van der Waals surface area contributed by atoms with Gasteiger partial charge in [-0.3, -0.25) is 9.89 Å². The highest BCUT2D eigenvalue weighted by Crippen LogP contribution is 2.16. The summed E-state index contributed by atoms with van der Waals surface area (Å²) in [6.45, 7) is 6.22. The second-order valence-corrected chi connectivity index (χ2v) is 7.76. The Hall–Kier alpha value is -1.71. The maximum Gasteiger partial charge on any atom is 0.410 e. The molecule has 1 amide bonds. The second kappa shape index (κ2) is 10.0. The molecule has 1 aliphatic rings. The van der Waals surface area contributed by atoms with E-state index >= 15 is 0 Å². The van der Waals surface area contributed by atoms with Gasteiger partial charge in [0.2, 0.25) is 0 Å². The number of piperidine rings is 1. The summed E-state index contributed by atoms with van der Waals surface area (Å²) >= 11 is 0. The number of hydrogen-bond acceptors (Lipinski definition) is 4. The number of carbonyl (C=O) groups is 1. The highest BCUT2D eigenvalue weighted by Gasteiger charge is 2.29. The molecule has 1 rings (SSSR count). The molecule has 27 heavy (non-hydrogen) atoms. The molecule has 10 heteroatoms. The quantitative estimate of drug-likeness (QED) is 0.551. The van der Waals surface area contributed by atoms with E-state index in [1.165, 1.54) is 11.9 Å². The minimum atomic E-state index is -4.21. The van der Waals surface area contributed by atoms with Crippen molar-refractivity contribution in [3.8, 4) is 0 Å². The van der Waals surface area contributed by atoms with Crippen molar-refractivity contribution in [2.45, 2.75) is 51.4 Å². The smallest absolute Gasteiger partial charge is 0.410 e. The summed E-state index contributed by atoms with van der Waals surface area (Å²) in [6.07, 6.45) is -2.84. The fourth-order valence-electron chi connectivity index (χ4n) is 2.73. The first-order valence-electron chi connectivity index (χ1n) is 9.10. The number of hydrogen-bond donors (Lipinski definition) is 2. The van der Waals surface area contributed by atoms with Crippen molar-refractivity contribution < 1.29 is 22.7 Å². The molecule has 1 aliphatic heterocycles. The van der Waals surface area contributed by atoms with E-state index in [-0.39, 0.29) is 18.7 Å². The van der Waals surface area contributed by atoms with Gasteiger partial charge in [-0.1, -0.05) is 0 Å². The molecule has 0 spiro atoms. The third kappa shape index (κ3) is 10.3. The largest absolute Gasteiger partial charge is 0.444 e. The highest BCUT2D eigenvalue weighted by atomic mass is 19.4. The van der Waals surface area contributed by atoms with Crippen LogP contribution in [0.2, 0.25) is 0 Å². The number of halogens is 3. The Labute approximate surface area is 159 Å². The zero-order chi connectivity index (χ0) is 20.7. The van der Waals surface area contributed by atoms with Crippen molar-refractivity contribution in [2.24, 2.45) is 4.99 Å². The van der Waals surface area contributed by atoms with Crippen molar-refractivity contribution in [2.75, 3.05) is 46.8 Å². The Morgan fingerprint density at radius 2 is 2.00 bits per heavy atom. The summed E-state index contributed by atoms with van der Waals surface area (Å²) in [4.78, 5) is 19.2. The van der Waals surface area contributed by atoms with E-state index in [1.54, 1.807) is 11.9 Å². The van der Waals surface area contributed by atoms with E-state index in [1.807, 2.05) is 20.8 Å². The summed E-state index contributed by atoms with van der Waals surface area (Å²) in [6, 6.07) is 0.00498. The van der Waals surface area contributed by atoms with Crippen LogP contribution in [0.4, 0.5) is 18.0 Å². The van der Waals surface area contributed by atoms with E-state index in [0.717, 1.165) is 12.8 Å². The topological polar surface area (TPSA) is 69.2 Å². The first-order valence-corrected chi connectivity index (χ1v) is 9.10. The number of guanidine groups is 1. The van der Waals surface area contributed by atoms with Gasteiger partial charge in [0.25, 0.3) is 0 Å². The number of carbonyl (C=O) groups excluding carboxylic acids is 1. The zero-order valence-electron chi connectivity index (χ0n) is 16.8. The molecule has 0 bridgehead atoms. The van der Waals surface area contributed by atoms with Crippen LogP contribution >= 0.6 is 0 Å². The van der Waals surface area contributed by atoms with Gasteiger partial charge in [0, 0.05) is 39.3 Å². The van der Waals surface area contributed by atoms with Crippen LogP contribution in [0.3, 0.4) is 0 Å². The number of rotatable bonds is 5. The minimum absolute atomic E-state index is 0.00498. The molecule has 1 atom stereocenters. The number of nitrogens with zero attached hydrogens (tertiary/aromatic N) is 3. The van der Waals surface area contributed by atoms with Crippen LogP contribution < -0.4 is 10.6 Å². The monoisotopic (exact) mass is 395 g/mol. The van der Waals surface area contributed by atoms with Crippen molar-refractivity contribution in [1.82, 2.24) is 20.4 Å². The Morgan fingerprint density at radius 1 is 1.33 bits per heavy atom. The number of nitrogens with one attached hydrogen (secondary N) is 2. The van der Waals surface area contributed by atoms with Gasteiger partial charge in [-0.2, -0.15) is 13.2 Å². The highest BCUT2D eigenvalue weighted by molar-refractivity contribution is 5.80. The SMILES string of the molecule is CN=C(NCCN(C)CC(F)(F)F)NC1CCCN(C(=O)OC(C)(C)C)C1. The normalized spacial score (nSPS) is 19.2. The Bertz CT molecular complexity index is 506. The molecular formula is C17H32F3N5O2. The summed E-state index contributed by atoms with van der Waals surface area (Å²) < 4.78 is 42.4. The zero-order valence-corrected chi connectivity index (χ0v) is 16.8. The Kier molecular flexibility index (Phi) is 8.64. The molecule has 0 aromatic carbocycles. The molecule has 1 unspecified atom stereocenters. The standard InChI is InChI=1S/C17H32F3N5O2/c1-16(2,3)27-15(26)25-9-6-7-13(11-25)23-14(21-4)22-8-10-24(5)12-17(18,19)20/h13H,6-12H2,1-5H3,(H2,21,22,23). The van der Waals surface area contributed by atoms with Gasteiger partial charge in [-0.25, -0.2) is 4.79 Å². The molecule has 0 aromatic rings. The maximum atomic E-state index is 12.3. The maximum absolute atomic E-state index is 12.3. The lowest BCUT2D eigenvalue weighted by atomic mass is 10.1. The van der Waals surface area contributed by atoms with Gasteiger partial charge in [-0.15, -0.1) is 0 Å². The predicted molar refractivity (Wildman–Crippen MR) is 98.9 cm³/mol. The summed E-state index contributed by atoms with van der Waals surface area (Å²) in [5, 5.41) is 6.23. The van der Waals surface area contributed by atoms with E-state index in [2.05, 4.69) is 15.6 Å². The van der Waals surface area contributed by atoms with Gasteiger partial charge in [0.15, 0.2) is 5.96 Å². The summed E-state index contributed by atoms with van der Waals surface area (Å²) in [7, 11) is 3.02. The number of alkyl halides is 3. The Morgan fingerprint density at radius 3 is 2.56 bits per heavy atom. The van der Waals surface area contributed by atoms with Crippen LogP contribution in [-0.2, 0) is 4.74 Å². The summed E-state index contributed by atoms with van der Waals surface area (Å²) in [5.41, 5.74) is -0.544. The van der Waals surface area contributed by atoms with Gasteiger partial charge >= 0.3 is 12.3 Å². The van der Waals surface area contributed by atoms with Crippen LogP contribution in [0, 0.1) is 0 Å². The van der Waals surface area contributed by atoms with Crippen LogP contribution in [0.25, 0.3) is 0 Å². The molecule has 0 aromatic heterocycles. The molecule has 1 saturated heterocycles. The lowest BCUT2D eigenvalue weighted by Crippen LogP contribution is -2.53. The first-order chi connectivity index (χ1) is 12.4. The first kappa shape index (κ1) is 23.3. The Balaban J connectivity index is 2.42. The van der Waals surface area contributed by atoms with Crippen LogP contribution in [0.5, 0.6) is 0 Å². The van der Waals surface area contributed by atoms with E-state index in [0.29, 0.717) is 25.6 Å². The molecule has 2 N–H and O–H groups in total. The number of amides is 1. The van der Waals surface area contributed by atoms with Crippen molar-refractivity contribution in [3.63, 3.8) is 0 Å². The predicted octanol–water partition coefficient (Wildman–Crippen LogP) is 2.04. The van der Waals surface area contributed by atoms with E-state index in [9.17, 15) is 18.0 Å². The molecule has 1 fully saturated rings. The number of aliphatic imine (C=N–C) groups is 1. The van der Waals surface area contributed by atoms with Crippen molar-refractivity contribution in [1.29, 1.82) is 0 Å². The van der Waals surface area contributed by atoms with E-state index in [4.69, 9.17) is 4.74 Å². The molecule has 1 heterocycles. The number of likely N-dealkylation sites (tertiary alicyclic amines) is 1. The van der Waals surface area contributed by atoms with Gasteiger partial charge in [-0.05, 0) is 40.7 Å². The number of likely N-dealkylation sites (N-methyl/N-ethyl adjacent to an activating group) is 1. The van der Waals surface area contributed by atoms with Gasteiger partial charge in [0.1, 0.15) is 5.60 Å². The fraction of sp³-hybridized carbons (Fsp3) is 0.882.